The van der Waals surface area contributed by atoms with Crippen LogP contribution >= 0.6 is 0 Å². The molecule has 1 N–H and O–H groups in total. The minimum atomic E-state index is -1.12. The van der Waals surface area contributed by atoms with Crippen molar-refractivity contribution in [3.8, 4) is 11.5 Å². The van der Waals surface area contributed by atoms with Gasteiger partial charge >= 0.3 is 5.97 Å². The highest BCUT2D eigenvalue weighted by atomic mass is 19.1. The molecule has 0 atom stereocenters. The first kappa shape index (κ1) is 13.9. The number of rotatable bonds is 5. The van der Waals surface area contributed by atoms with Gasteiger partial charge < -0.3 is 14.6 Å². The van der Waals surface area contributed by atoms with Gasteiger partial charge in [0.25, 0.3) is 0 Å². The highest BCUT2D eigenvalue weighted by molar-refractivity contribution is 5.89. The molecule has 0 radical (unpaired) electrons. The molecule has 0 saturated carbocycles. The highest BCUT2D eigenvalue weighted by Crippen LogP contribution is 2.21. The van der Waals surface area contributed by atoms with Crippen LogP contribution in [0.5, 0.6) is 11.5 Å². The van der Waals surface area contributed by atoms with Gasteiger partial charge in [-0.1, -0.05) is 6.07 Å². The molecule has 0 aliphatic heterocycles. The number of carbonyl (C=O) groups is 1. The van der Waals surface area contributed by atoms with E-state index in [9.17, 15) is 9.18 Å². The van der Waals surface area contributed by atoms with Gasteiger partial charge in [-0.3, -0.25) is 0 Å². The lowest BCUT2D eigenvalue weighted by molar-refractivity contribution is 0.0694. The van der Waals surface area contributed by atoms with Crippen LogP contribution in [0.3, 0.4) is 0 Å². The first-order chi connectivity index (χ1) is 9.60. The second-order valence-electron chi connectivity index (χ2n) is 4.07. The van der Waals surface area contributed by atoms with E-state index in [0.29, 0.717) is 11.5 Å². The van der Waals surface area contributed by atoms with Crippen LogP contribution in [-0.4, -0.2) is 18.2 Å². The van der Waals surface area contributed by atoms with Crippen LogP contribution in [0.1, 0.15) is 15.9 Å². The van der Waals surface area contributed by atoms with Crippen molar-refractivity contribution in [2.75, 3.05) is 7.11 Å². The topological polar surface area (TPSA) is 55.8 Å². The van der Waals surface area contributed by atoms with E-state index in [1.807, 2.05) is 0 Å². The molecule has 2 aromatic carbocycles. The number of methoxy groups -OCH3 is 1. The number of hydrogen-bond donors (Lipinski definition) is 1. The Kier molecular flexibility index (Phi) is 4.20. The van der Waals surface area contributed by atoms with Crippen molar-refractivity contribution in [3.63, 3.8) is 0 Å². The van der Waals surface area contributed by atoms with Gasteiger partial charge in [0.05, 0.1) is 12.7 Å². The lowest BCUT2D eigenvalue weighted by Gasteiger charge is -2.10. The third-order valence-corrected chi connectivity index (χ3v) is 2.73. The third-order valence-electron chi connectivity index (χ3n) is 2.73. The highest BCUT2D eigenvalue weighted by Gasteiger charge is 2.11. The van der Waals surface area contributed by atoms with E-state index in [0.717, 1.165) is 12.1 Å². The number of benzene rings is 2. The predicted octanol–water partition coefficient (Wildman–Crippen LogP) is 3.11. The Balaban J connectivity index is 2.17. The van der Waals surface area contributed by atoms with Crippen molar-refractivity contribution in [3.05, 3.63) is 59.4 Å². The lowest BCUT2D eigenvalue weighted by atomic mass is 10.1. The largest absolute Gasteiger partial charge is 0.497 e. The summed E-state index contributed by atoms with van der Waals surface area (Å²) in [6, 6.07) is 10.4. The van der Waals surface area contributed by atoms with Gasteiger partial charge in [-0.2, -0.15) is 0 Å². The number of carboxylic acids is 1. The molecule has 0 spiro atoms. The summed E-state index contributed by atoms with van der Waals surface area (Å²) in [6.45, 7) is -0.0352. The molecule has 20 heavy (non-hydrogen) atoms. The van der Waals surface area contributed by atoms with Crippen LogP contribution in [0.15, 0.2) is 42.5 Å². The summed E-state index contributed by atoms with van der Waals surface area (Å²) in [6.07, 6.45) is 0. The molecule has 0 fully saturated rings. The maximum atomic E-state index is 13.2. The summed E-state index contributed by atoms with van der Waals surface area (Å²) >= 11 is 0. The standard InChI is InChI=1S/C15H13FO4/c1-19-12-3-2-4-13(8-12)20-9-10-7-11(16)5-6-14(10)15(17)18/h2-8H,9H2,1H3,(H,17,18). The van der Waals surface area contributed by atoms with Crippen molar-refractivity contribution in [2.24, 2.45) is 0 Å². The summed E-state index contributed by atoms with van der Waals surface area (Å²) in [5.41, 5.74) is 0.301. The average Bonchev–Trinajstić information content (AvgIpc) is 2.45. The van der Waals surface area contributed by atoms with Crippen LogP contribution in [0.25, 0.3) is 0 Å². The van der Waals surface area contributed by atoms with Gasteiger partial charge in [0.15, 0.2) is 0 Å². The normalized spacial score (nSPS) is 10.1. The molecule has 2 aromatic rings. The minimum absolute atomic E-state index is 0.0225. The molecule has 4 nitrogen and oxygen atoms in total. The zero-order chi connectivity index (χ0) is 14.5. The quantitative estimate of drug-likeness (QED) is 0.911. The third kappa shape index (κ3) is 3.26. The van der Waals surface area contributed by atoms with Gasteiger partial charge in [-0.25, -0.2) is 9.18 Å². The van der Waals surface area contributed by atoms with Gasteiger partial charge in [-0.15, -0.1) is 0 Å². The molecule has 2 rings (SSSR count). The molecule has 0 aliphatic rings. The fourth-order valence-corrected chi connectivity index (χ4v) is 1.74. The molecular weight excluding hydrogens is 263 g/mol. The molecule has 0 aliphatic carbocycles. The zero-order valence-electron chi connectivity index (χ0n) is 10.8. The number of hydrogen-bond acceptors (Lipinski definition) is 3. The fourth-order valence-electron chi connectivity index (χ4n) is 1.74. The van der Waals surface area contributed by atoms with Crippen LogP contribution in [-0.2, 0) is 6.61 Å². The Morgan fingerprint density at radius 3 is 2.65 bits per heavy atom. The number of aromatic carboxylic acids is 1. The molecular formula is C15H13FO4. The van der Waals surface area contributed by atoms with Crippen LogP contribution < -0.4 is 9.47 Å². The first-order valence-corrected chi connectivity index (χ1v) is 5.88. The van der Waals surface area contributed by atoms with E-state index in [2.05, 4.69) is 0 Å². The van der Waals surface area contributed by atoms with E-state index in [1.54, 1.807) is 24.3 Å². The SMILES string of the molecule is COc1cccc(OCc2cc(F)ccc2C(=O)O)c1. The molecule has 104 valence electrons. The van der Waals surface area contributed by atoms with E-state index in [-0.39, 0.29) is 17.7 Å². The van der Waals surface area contributed by atoms with Crippen LogP contribution in [0.4, 0.5) is 4.39 Å². The molecule has 0 aromatic heterocycles. The molecule has 5 heteroatoms. The predicted molar refractivity (Wildman–Crippen MR) is 70.7 cm³/mol. The molecule has 0 unspecified atom stereocenters. The maximum Gasteiger partial charge on any atom is 0.336 e. The number of halogens is 1. The van der Waals surface area contributed by atoms with Crippen molar-refractivity contribution in [2.45, 2.75) is 6.61 Å². The number of ether oxygens (including phenoxy) is 2. The Morgan fingerprint density at radius 2 is 1.95 bits per heavy atom. The van der Waals surface area contributed by atoms with Crippen LogP contribution in [0.2, 0.25) is 0 Å². The van der Waals surface area contributed by atoms with Gasteiger partial charge in [-0.05, 0) is 30.3 Å². The van der Waals surface area contributed by atoms with E-state index >= 15 is 0 Å². The Labute approximate surface area is 115 Å². The van der Waals surface area contributed by atoms with E-state index < -0.39 is 11.8 Å². The van der Waals surface area contributed by atoms with Gasteiger partial charge in [0.2, 0.25) is 0 Å². The zero-order valence-corrected chi connectivity index (χ0v) is 10.8. The summed E-state index contributed by atoms with van der Waals surface area (Å²) < 4.78 is 23.7. The van der Waals surface area contributed by atoms with Crippen molar-refractivity contribution >= 4 is 5.97 Å². The number of carboxylic acid groups (broad SMARTS) is 1. The summed E-state index contributed by atoms with van der Waals surface area (Å²) in [5.74, 6) is -0.473. The second-order valence-corrected chi connectivity index (χ2v) is 4.07. The van der Waals surface area contributed by atoms with E-state index in [1.165, 1.54) is 13.2 Å². The average molecular weight is 276 g/mol. The van der Waals surface area contributed by atoms with Crippen molar-refractivity contribution in [1.29, 1.82) is 0 Å². The molecule has 0 amide bonds. The van der Waals surface area contributed by atoms with E-state index in [4.69, 9.17) is 14.6 Å². The van der Waals surface area contributed by atoms with Crippen LogP contribution in [0, 0.1) is 5.82 Å². The van der Waals surface area contributed by atoms with Crippen molar-refractivity contribution < 1.29 is 23.8 Å². The monoisotopic (exact) mass is 276 g/mol. The summed E-state index contributed by atoms with van der Waals surface area (Å²) in [4.78, 5) is 11.0. The Morgan fingerprint density at radius 1 is 1.20 bits per heavy atom. The fraction of sp³-hybridized carbons (Fsp3) is 0.133. The smallest absolute Gasteiger partial charge is 0.336 e. The lowest BCUT2D eigenvalue weighted by Crippen LogP contribution is -2.06. The van der Waals surface area contributed by atoms with Gasteiger partial charge in [0, 0.05) is 11.6 Å². The van der Waals surface area contributed by atoms with Crippen molar-refractivity contribution in [1.82, 2.24) is 0 Å². The summed E-state index contributed by atoms with van der Waals surface area (Å²) in [7, 11) is 1.54. The Hall–Kier alpha value is -2.56. The molecule has 0 heterocycles. The molecule has 0 saturated heterocycles. The summed E-state index contributed by atoms with van der Waals surface area (Å²) in [5, 5.41) is 9.04. The Bertz CT molecular complexity index is 625. The molecule has 0 bridgehead atoms. The minimum Gasteiger partial charge on any atom is -0.497 e. The van der Waals surface area contributed by atoms with Gasteiger partial charge in [0.1, 0.15) is 23.9 Å². The second kappa shape index (κ2) is 6.06. The maximum absolute atomic E-state index is 13.2. The first-order valence-electron chi connectivity index (χ1n) is 5.88.